The second kappa shape index (κ2) is 6.60. The molecule has 0 aliphatic carbocycles. The number of rotatable bonds is 5. The predicted octanol–water partition coefficient (Wildman–Crippen LogP) is 4.04. The van der Waals surface area contributed by atoms with E-state index in [-0.39, 0.29) is 6.04 Å². The standard InChI is InChI=1S/C12H18BrClN2/c1-3-8(4-2)12(16-15)9-5-6-11(14)10(13)7-9/h5-8,12,16H,3-4,15H2,1-2H3. The van der Waals surface area contributed by atoms with E-state index in [4.69, 9.17) is 17.4 Å². The van der Waals surface area contributed by atoms with Crippen LogP contribution in [-0.2, 0) is 0 Å². The SMILES string of the molecule is CCC(CC)C(NN)c1ccc(Cl)c(Br)c1. The number of halogens is 2. The van der Waals surface area contributed by atoms with Gasteiger partial charge in [0.15, 0.2) is 0 Å². The first-order valence-electron chi connectivity index (χ1n) is 5.55. The van der Waals surface area contributed by atoms with Crippen LogP contribution in [0.1, 0.15) is 38.3 Å². The molecule has 0 amide bonds. The van der Waals surface area contributed by atoms with Gasteiger partial charge in [-0.25, -0.2) is 0 Å². The van der Waals surface area contributed by atoms with Crippen LogP contribution in [0.2, 0.25) is 5.02 Å². The highest BCUT2D eigenvalue weighted by molar-refractivity contribution is 9.10. The van der Waals surface area contributed by atoms with Gasteiger partial charge in [0.25, 0.3) is 0 Å². The third-order valence-corrected chi connectivity index (χ3v) is 4.22. The summed E-state index contributed by atoms with van der Waals surface area (Å²) < 4.78 is 0.915. The van der Waals surface area contributed by atoms with Gasteiger partial charge in [0, 0.05) is 10.5 Å². The van der Waals surface area contributed by atoms with Gasteiger partial charge in [-0.1, -0.05) is 44.4 Å². The predicted molar refractivity (Wildman–Crippen MR) is 73.3 cm³/mol. The van der Waals surface area contributed by atoms with E-state index in [9.17, 15) is 0 Å². The Morgan fingerprint density at radius 3 is 2.44 bits per heavy atom. The molecule has 0 heterocycles. The van der Waals surface area contributed by atoms with E-state index < -0.39 is 0 Å². The second-order valence-electron chi connectivity index (χ2n) is 3.89. The van der Waals surface area contributed by atoms with Gasteiger partial charge >= 0.3 is 0 Å². The van der Waals surface area contributed by atoms with Crippen molar-refractivity contribution < 1.29 is 0 Å². The Morgan fingerprint density at radius 2 is 2.00 bits per heavy atom. The van der Waals surface area contributed by atoms with Crippen LogP contribution in [0.15, 0.2) is 22.7 Å². The molecule has 2 nitrogen and oxygen atoms in total. The largest absolute Gasteiger partial charge is 0.271 e. The van der Waals surface area contributed by atoms with E-state index in [0.29, 0.717) is 5.92 Å². The molecular formula is C12H18BrClN2. The van der Waals surface area contributed by atoms with Crippen molar-refractivity contribution in [3.63, 3.8) is 0 Å². The van der Waals surface area contributed by atoms with Crippen molar-refractivity contribution in [2.24, 2.45) is 11.8 Å². The van der Waals surface area contributed by atoms with Crippen molar-refractivity contribution in [3.05, 3.63) is 33.3 Å². The molecule has 1 rings (SSSR count). The summed E-state index contributed by atoms with van der Waals surface area (Å²) in [5.41, 5.74) is 4.08. The molecule has 0 radical (unpaired) electrons. The molecular weight excluding hydrogens is 288 g/mol. The van der Waals surface area contributed by atoms with Crippen LogP contribution in [0.5, 0.6) is 0 Å². The first-order chi connectivity index (χ1) is 7.63. The molecule has 0 aromatic heterocycles. The van der Waals surface area contributed by atoms with Crippen molar-refractivity contribution in [3.8, 4) is 0 Å². The first kappa shape index (κ1) is 14.0. The number of benzene rings is 1. The third kappa shape index (κ3) is 3.20. The summed E-state index contributed by atoms with van der Waals surface area (Å²) in [6.07, 6.45) is 2.21. The average Bonchev–Trinajstić information content (AvgIpc) is 2.29. The maximum atomic E-state index is 5.98. The summed E-state index contributed by atoms with van der Waals surface area (Å²) in [5.74, 6) is 6.19. The lowest BCUT2D eigenvalue weighted by Gasteiger charge is -2.25. The lowest BCUT2D eigenvalue weighted by molar-refractivity contribution is 0.345. The highest BCUT2D eigenvalue weighted by Gasteiger charge is 2.19. The van der Waals surface area contributed by atoms with Gasteiger partial charge in [0.2, 0.25) is 0 Å². The molecule has 0 spiro atoms. The number of hydrogen-bond acceptors (Lipinski definition) is 2. The zero-order chi connectivity index (χ0) is 12.1. The maximum absolute atomic E-state index is 5.98. The van der Waals surface area contributed by atoms with Gasteiger partial charge in [-0.2, -0.15) is 0 Å². The fraction of sp³-hybridized carbons (Fsp3) is 0.500. The molecule has 0 fully saturated rings. The minimum atomic E-state index is 0.184. The Labute approximate surface area is 111 Å². The molecule has 1 aromatic rings. The van der Waals surface area contributed by atoms with E-state index in [0.717, 1.165) is 22.3 Å². The molecule has 1 unspecified atom stereocenters. The van der Waals surface area contributed by atoms with Crippen LogP contribution in [0.3, 0.4) is 0 Å². The molecule has 1 aromatic carbocycles. The van der Waals surface area contributed by atoms with Gasteiger partial charge in [-0.05, 0) is 39.5 Å². The highest BCUT2D eigenvalue weighted by atomic mass is 79.9. The van der Waals surface area contributed by atoms with Crippen molar-refractivity contribution in [2.45, 2.75) is 32.7 Å². The smallest absolute Gasteiger partial charge is 0.0548 e. The van der Waals surface area contributed by atoms with Crippen LogP contribution in [0.25, 0.3) is 0 Å². The Balaban J connectivity index is 2.98. The number of nitrogens with one attached hydrogen (secondary N) is 1. The minimum Gasteiger partial charge on any atom is -0.271 e. The van der Waals surface area contributed by atoms with Gasteiger partial charge in [-0.3, -0.25) is 11.3 Å². The molecule has 0 aliphatic heterocycles. The van der Waals surface area contributed by atoms with E-state index in [1.54, 1.807) is 0 Å². The number of nitrogens with two attached hydrogens (primary N) is 1. The Morgan fingerprint density at radius 1 is 1.38 bits per heavy atom. The van der Waals surface area contributed by atoms with E-state index >= 15 is 0 Å². The monoisotopic (exact) mass is 304 g/mol. The zero-order valence-corrected chi connectivity index (χ0v) is 12.0. The van der Waals surface area contributed by atoms with E-state index in [2.05, 4.69) is 35.2 Å². The Hall–Kier alpha value is -0.0900. The molecule has 0 bridgehead atoms. The van der Waals surface area contributed by atoms with Crippen LogP contribution >= 0.6 is 27.5 Å². The molecule has 0 aliphatic rings. The molecule has 1 atom stereocenters. The fourth-order valence-electron chi connectivity index (χ4n) is 1.97. The quantitative estimate of drug-likeness (QED) is 0.636. The third-order valence-electron chi connectivity index (χ3n) is 3.00. The molecule has 0 saturated heterocycles. The summed E-state index contributed by atoms with van der Waals surface area (Å²) in [7, 11) is 0. The van der Waals surface area contributed by atoms with Crippen molar-refractivity contribution in [2.75, 3.05) is 0 Å². The number of hydrogen-bond donors (Lipinski definition) is 2. The molecule has 16 heavy (non-hydrogen) atoms. The van der Waals surface area contributed by atoms with Crippen molar-refractivity contribution >= 4 is 27.5 Å². The van der Waals surface area contributed by atoms with Crippen LogP contribution in [-0.4, -0.2) is 0 Å². The lowest BCUT2D eigenvalue weighted by atomic mass is 9.89. The van der Waals surface area contributed by atoms with Crippen molar-refractivity contribution in [1.29, 1.82) is 0 Å². The first-order valence-corrected chi connectivity index (χ1v) is 6.72. The lowest BCUT2D eigenvalue weighted by Crippen LogP contribution is -2.33. The van der Waals surface area contributed by atoms with Gasteiger partial charge in [-0.15, -0.1) is 0 Å². The summed E-state index contributed by atoms with van der Waals surface area (Å²) in [5, 5.41) is 0.726. The summed E-state index contributed by atoms with van der Waals surface area (Å²) in [6.45, 7) is 4.37. The van der Waals surface area contributed by atoms with E-state index in [1.807, 2.05) is 18.2 Å². The van der Waals surface area contributed by atoms with Gasteiger partial charge in [0.05, 0.1) is 5.02 Å². The summed E-state index contributed by atoms with van der Waals surface area (Å²) in [4.78, 5) is 0. The van der Waals surface area contributed by atoms with Gasteiger partial charge in [0.1, 0.15) is 0 Å². The second-order valence-corrected chi connectivity index (χ2v) is 5.16. The average molecular weight is 306 g/mol. The van der Waals surface area contributed by atoms with Gasteiger partial charge < -0.3 is 0 Å². The molecule has 4 heteroatoms. The highest BCUT2D eigenvalue weighted by Crippen LogP contribution is 2.31. The molecule has 90 valence electrons. The van der Waals surface area contributed by atoms with Crippen LogP contribution < -0.4 is 11.3 Å². The Kier molecular flexibility index (Phi) is 5.76. The molecule has 3 N–H and O–H groups in total. The van der Waals surface area contributed by atoms with Crippen LogP contribution in [0, 0.1) is 5.92 Å². The van der Waals surface area contributed by atoms with Crippen LogP contribution in [0.4, 0.5) is 0 Å². The Bertz CT molecular complexity index is 340. The molecule has 0 saturated carbocycles. The number of hydrazine groups is 1. The van der Waals surface area contributed by atoms with Crippen molar-refractivity contribution in [1.82, 2.24) is 5.43 Å². The fourth-order valence-corrected chi connectivity index (χ4v) is 2.48. The minimum absolute atomic E-state index is 0.184. The topological polar surface area (TPSA) is 38.0 Å². The zero-order valence-electron chi connectivity index (χ0n) is 9.63. The van der Waals surface area contributed by atoms with E-state index in [1.165, 1.54) is 5.56 Å². The maximum Gasteiger partial charge on any atom is 0.0548 e. The summed E-state index contributed by atoms with van der Waals surface area (Å²) in [6, 6.07) is 6.14. The normalized spacial score (nSPS) is 13.1. The summed E-state index contributed by atoms with van der Waals surface area (Å²) >= 11 is 9.41.